The van der Waals surface area contributed by atoms with Gasteiger partial charge in [-0.1, -0.05) is 18.7 Å². The van der Waals surface area contributed by atoms with Crippen LogP contribution >= 0.6 is 17.7 Å². The molecule has 1 saturated heterocycles. The van der Waals surface area contributed by atoms with Crippen molar-refractivity contribution in [3.63, 3.8) is 0 Å². The number of rotatable bonds is 5. The SMILES string of the molecule is B[C@H]1CC(OP(=S)(S)CC)[C@@H](COC)O1. The van der Waals surface area contributed by atoms with E-state index in [0.29, 0.717) is 6.61 Å². The third kappa shape index (κ3) is 4.37. The molecular formula is C8H18BO3PS2. The van der Waals surface area contributed by atoms with Crippen LogP contribution in [0.5, 0.6) is 0 Å². The zero-order valence-electron chi connectivity index (χ0n) is 9.38. The fourth-order valence-electron chi connectivity index (χ4n) is 1.63. The Morgan fingerprint density at radius 2 is 2.33 bits per heavy atom. The van der Waals surface area contributed by atoms with E-state index < -0.39 is 5.47 Å². The lowest BCUT2D eigenvalue weighted by atomic mass is 9.96. The van der Waals surface area contributed by atoms with Crippen LogP contribution in [0.2, 0.25) is 0 Å². The third-order valence-corrected chi connectivity index (χ3v) is 5.98. The normalized spacial score (nSPS) is 35.3. The molecule has 0 saturated carbocycles. The third-order valence-electron chi connectivity index (χ3n) is 2.42. The van der Waals surface area contributed by atoms with Crippen molar-refractivity contribution in [2.75, 3.05) is 19.9 Å². The molecular weight excluding hydrogens is 250 g/mol. The van der Waals surface area contributed by atoms with Crippen molar-refractivity contribution in [3.05, 3.63) is 0 Å². The lowest BCUT2D eigenvalue weighted by Gasteiger charge is -2.23. The van der Waals surface area contributed by atoms with E-state index in [1.54, 1.807) is 7.11 Å². The summed E-state index contributed by atoms with van der Waals surface area (Å²) in [5, 5.41) is 0. The summed E-state index contributed by atoms with van der Waals surface area (Å²) in [6.07, 6.45) is 1.73. The first-order chi connectivity index (χ1) is 6.98. The molecule has 0 aliphatic carbocycles. The Balaban J connectivity index is 2.55. The molecule has 0 bridgehead atoms. The van der Waals surface area contributed by atoms with Crippen LogP contribution in [0.25, 0.3) is 0 Å². The van der Waals surface area contributed by atoms with Gasteiger partial charge in [0.15, 0.2) is 0 Å². The van der Waals surface area contributed by atoms with E-state index in [4.69, 9.17) is 25.8 Å². The van der Waals surface area contributed by atoms with Gasteiger partial charge in [0, 0.05) is 19.3 Å². The van der Waals surface area contributed by atoms with Crippen molar-refractivity contribution in [2.24, 2.45) is 0 Å². The van der Waals surface area contributed by atoms with E-state index >= 15 is 0 Å². The fraction of sp³-hybridized carbons (Fsp3) is 1.00. The van der Waals surface area contributed by atoms with Gasteiger partial charge in [0.05, 0.1) is 12.7 Å². The lowest BCUT2D eigenvalue weighted by molar-refractivity contribution is -0.00755. The molecule has 88 valence electrons. The molecule has 1 aliphatic rings. The second kappa shape index (κ2) is 6.03. The standard InChI is InChI=1S/C8H18BO3PS2/c1-3-13(14,15)12-6-4-8(9)11-7(6)5-10-2/h6-8H,3-5,9H2,1-2H3,(H,14,15)/t6?,7-,8-/m1/s1. The van der Waals surface area contributed by atoms with Crippen molar-refractivity contribution in [1.29, 1.82) is 0 Å². The molecule has 0 spiro atoms. The highest BCUT2D eigenvalue weighted by Gasteiger charge is 2.35. The minimum Gasteiger partial charge on any atom is -0.382 e. The van der Waals surface area contributed by atoms with Crippen molar-refractivity contribution in [1.82, 2.24) is 0 Å². The number of thiol groups is 1. The van der Waals surface area contributed by atoms with E-state index in [-0.39, 0.29) is 18.2 Å². The number of hydrogen-bond donors (Lipinski definition) is 1. The Hall–Kier alpha value is 0.945. The fourth-order valence-corrected chi connectivity index (χ4v) is 3.12. The Labute approximate surface area is 103 Å². The van der Waals surface area contributed by atoms with Gasteiger partial charge in [-0.2, -0.15) is 0 Å². The Morgan fingerprint density at radius 3 is 2.87 bits per heavy atom. The maximum Gasteiger partial charge on any atom is 0.139 e. The molecule has 1 rings (SSSR count). The minimum atomic E-state index is -1.92. The summed E-state index contributed by atoms with van der Waals surface area (Å²) >= 11 is 9.72. The molecule has 1 fully saturated rings. The van der Waals surface area contributed by atoms with E-state index in [9.17, 15) is 0 Å². The van der Waals surface area contributed by atoms with Crippen LogP contribution < -0.4 is 0 Å². The van der Waals surface area contributed by atoms with E-state index in [1.807, 2.05) is 14.8 Å². The zero-order valence-corrected chi connectivity index (χ0v) is 12.0. The first-order valence-corrected chi connectivity index (χ1v) is 9.19. The molecule has 7 heteroatoms. The van der Waals surface area contributed by atoms with Gasteiger partial charge in [-0.15, -0.1) is 12.2 Å². The molecule has 0 aromatic heterocycles. The summed E-state index contributed by atoms with van der Waals surface area (Å²) in [5.74, 6) is 0. The second-order valence-electron chi connectivity index (χ2n) is 3.77. The van der Waals surface area contributed by atoms with Crippen molar-refractivity contribution in [2.45, 2.75) is 31.6 Å². The smallest absolute Gasteiger partial charge is 0.139 e. The summed E-state index contributed by atoms with van der Waals surface area (Å²) in [7, 11) is 3.71. The molecule has 0 aromatic rings. The van der Waals surface area contributed by atoms with Crippen LogP contribution in [0.3, 0.4) is 0 Å². The van der Waals surface area contributed by atoms with Crippen LogP contribution in [0.15, 0.2) is 0 Å². The highest BCUT2D eigenvalue weighted by atomic mass is 32.9. The molecule has 4 atom stereocenters. The second-order valence-corrected chi connectivity index (χ2v) is 10.4. The predicted octanol–water partition coefficient (Wildman–Crippen LogP) is 1.03. The Kier molecular flexibility index (Phi) is 5.64. The Morgan fingerprint density at radius 1 is 1.67 bits per heavy atom. The van der Waals surface area contributed by atoms with Crippen LogP contribution in [0.1, 0.15) is 13.3 Å². The van der Waals surface area contributed by atoms with Crippen molar-refractivity contribution >= 4 is 37.4 Å². The van der Waals surface area contributed by atoms with Crippen LogP contribution in [-0.2, 0) is 25.8 Å². The van der Waals surface area contributed by atoms with Gasteiger partial charge >= 0.3 is 0 Å². The summed E-state index contributed by atoms with van der Waals surface area (Å²) in [6, 6.07) is 0.218. The molecule has 0 radical (unpaired) electrons. The molecule has 1 heterocycles. The van der Waals surface area contributed by atoms with Crippen molar-refractivity contribution in [3.8, 4) is 0 Å². The van der Waals surface area contributed by atoms with Gasteiger partial charge in [0.2, 0.25) is 0 Å². The van der Waals surface area contributed by atoms with Gasteiger partial charge in [0.1, 0.15) is 19.4 Å². The highest BCUT2D eigenvalue weighted by molar-refractivity contribution is 8.61. The van der Waals surface area contributed by atoms with E-state index in [1.165, 1.54) is 0 Å². The van der Waals surface area contributed by atoms with Crippen LogP contribution in [0, 0.1) is 0 Å². The quantitative estimate of drug-likeness (QED) is 0.458. The van der Waals surface area contributed by atoms with Gasteiger partial charge in [-0.25, -0.2) is 0 Å². The molecule has 3 nitrogen and oxygen atoms in total. The zero-order chi connectivity index (χ0) is 11.5. The lowest BCUT2D eigenvalue weighted by Crippen LogP contribution is -2.27. The van der Waals surface area contributed by atoms with Crippen LogP contribution in [-0.4, -0.2) is 45.9 Å². The molecule has 0 aromatic carbocycles. The maximum atomic E-state index is 5.87. The van der Waals surface area contributed by atoms with Gasteiger partial charge in [-0.3, -0.25) is 0 Å². The van der Waals surface area contributed by atoms with Gasteiger partial charge in [-0.05, 0) is 6.42 Å². The highest BCUT2D eigenvalue weighted by Crippen LogP contribution is 2.54. The summed E-state index contributed by atoms with van der Waals surface area (Å²) < 4.78 is 16.7. The number of ether oxygens (including phenoxy) is 2. The maximum absolute atomic E-state index is 5.87. The first-order valence-electron chi connectivity index (χ1n) is 5.13. The Bertz CT molecular complexity index is 254. The summed E-state index contributed by atoms with van der Waals surface area (Å²) in [5.41, 5.74) is -1.92. The average Bonchev–Trinajstić information content (AvgIpc) is 2.47. The van der Waals surface area contributed by atoms with Gasteiger partial charge < -0.3 is 14.0 Å². The summed E-state index contributed by atoms with van der Waals surface area (Å²) in [6.45, 7) is 2.57. The first kappa shape index (κ1) is 14.0. The number of hydrogen-bond acceptors (Lipinski definition) is 4. The monoisotopic (exact) mass is 268 g/mol. The number of methoxy groups -OCH3 is 1. The largest absolute Gasteiger partial charge is 0.382 e. The minimum absolute atomic E-state index is 0.00558. The molecule has 15 heavy (non-hydrogen) atoms. The molecule has 1 aliphatic heterocycles. The predicted molar refractivity (Wildman–Crippen MR) is 72.4 cm³/mol. The van der Waals surface area contributed by atoms with E-state index in [2.05, 4.69) is 12.2 Å². The summed E-state index contributed by atoms with van der Waals surface area (Å²) in [4.78, 5) is 0. The molecule has 0 N–H and O–H groups in total. The topological polar surface area (TPSA) is 27.7 Å². The molecule has 0 amide bonds. The molecule has 2 unspecified atom stereocenters. The van der Waals surface area contributed by atoms with Crippen molar-refractivity contribution < 1.29 is 14.0 Å². The van der Waals surface area contributed by atoms with E-state index in [0.717, 1.165) is 12.6 Å². The average molecular weight is 268 g/mol. The van der Waals surface area contributed by atoms with Gasteiger partial charge in [0.25, 0.3) is 0 Å². The van der Waals surface area contributed by atoms with Crippen LogP contribution in [0.4, 0.5) is 0 Å².